The molecule has 0 radical (unpaired) electrons. The fraction of sp³-hybridized carbons (Fsp3) is 0.0385. The van der Waals surface area contributed by atoms with Crippen LogP contribution in [0.5, 0.6) is 5.75 Å². The van der Waals surface area contributed by atoms with Gasteiger partial charge < -0.3 is 9.47 Å². The first kappa shape index (κ1) is 22.8. The molecule has 7 heteroatoms. The second kappa shape index (κ2) is 10.5. The van der Waals surface area contributed by atoms with Crippen molar-refractivity contribution < 1.29 is 28.7 Å². The van der Waals surface area contributed by atoms with E-state index in [1.807, 2.05) is 0 Å². The molecule has 0 N–H and O–H groups in total. The smallest absolute Gasteiger partial charge is 0.348 e. The normalized spacial score (nSPS) is 10.6. The lowest BCUT2D eigenvalue weighted by Gasteiger charge is -2.06. The van der Waals surface area contributed by atoms with E-state index in [4.69, 9.17) is 10.00 Å². The van der Waals surface area contributed by atoms with Crippen molar-refractivity contribution in [1.29, 1.82) is 5.26 Å². The number of esters is 2. The van der Waals surface area contributed by atoms with Gasteiger partial charge in [-0.05, 0) is 35.9 Å². The number of benzene rings is 3. The number of nitrogens with zero attached hydrogens (tertiary/aromatic N) is 1. The lowest BCUT2D eigenvalue weighted by Crippen LogP contribution is -2.15. The summed E-state index contributed by atoms with van der Waals surface area (Å²) in [4.78, 5) is 48.7. The fourth-order valence-corrected chi connectivity index (χ4v) is 2.86. The molecule has 0 aliphatic heterocycles. The molecule has 0 saturated heterocycles. The molecule has 0 heterocycles. The van der Waals surface area contributed by atoms with Crippen LogP contribution in [0.1, 0.15) is 36.6 Å². The maximum absolute atomic E-state index is 12.5. The van der Waals surface area contributed by atoms with E-state index in [-0.39, 0.29) is 28.0 Å². The number of hydrogen-bond acceptors (Lipinski definition) is 7. The SMILES string of the molecule is COC(=O)/C(C#N)=C/c1cccc(OC(=O)c2ccc(C(=O)C(=O)c3ccccc3)cc2)c1. The van der Waals surface area contributed by atoms with Gasteiger partial charge in [0, 0.05) is 11.1 Å². The maximum atomic E-state index is 12.5. The topological polar surface area (TPSA) is 111 Å². The summed E-state index contributed by atoms with van der Waals surface area (Å²) in [7, 11) is 1.17. The molecule has 0 unspecified atom stereocenters. The van der Waals surface area contributed by atoms with Gasteiger partial charge in [-0.25, -0.2) is 9.59 Å². The third-order valence-corrected chi connectivity index (χ3v) is 4.53. The van der Waals surface area contributed by atoms with Crippen LogP contribution in [0.3, 0.4) is 0 Å². The quantitative estimate of drug-likeness (QED) is 0.136. The van der Waals surface area contributed by atoms with Crippen LogP contribution in [-0.4, -0.2) is 30.6 Å². The second-order valence-electron chi connectivity index (χ2n) is 6.73. The Morgan fingerprint density at radius 2 is 1.39 bits per heavy atom. The third kappa shape index (κ3) is 5.66. The third-order valence-electron chi connectivity index (χ3n) is 4.53. The van der Waals surface area contributed by atoms with E-state index < -0.39 is 23.5 Å². The van der Waals surface area contributed by atoms with Gasteiger partial charge >= 0.3 is 11.9 Å². The van der Waals surface area contributed by atoms with Gasteiger partial charge in [-0.3, -0.25) is 9.59 Å². The van der Waals surface area contributed by atoms with Gasteiger partial charge in [0.15, 0.2) is 0 Å². The Bertz CT molecular complexity index is 1280. The van der Waals surface area contributed by atoms with Crippen LogP contribution in [0.2, 0.25) is 0 Å². The molecule has 0 spiro atoms. The van der Waals surface area contributed by atoms with Gasteiger partial charge in [-0.15, -0.1) is 0 Å². The van der Waals surface area contributed by atoms with Crippen molar-refractivity contribution in [2.24, 2.45) is 0 Å². The zero-order valence-corrected chi connectivity index (χ0v) is 17.5. The molecular weight excluding hydrogens is 422 g/mol. The minimum absolute atomic E-state index is 0.152. The number of Topliss-reactive ketones (excluding diaryl/α,β-unsaturated/α-hetero) is 2. The van der Waals surface area contributed by atoms with Gasteiger partial charge in [-0.2, -0.15) is 5.26 Å². The molecule has 3 aromatic rings. The molecule has 0 bridgehead atoms. The summed E-state index contributed by atoms with van der Waals surface area (Å²) in [5, 5.41) is 9.06. The first-order chi connectivity index (χ1) is 15.9. The molecular formula is C26H17NO6. The van der Waals surface area contributed by atoms with E-state index >= 15 is 0 Å². The Labute approximate surface area is 189 Å². The molecule has 33 heavy (non-hydrogen) atoms. The highest BCUT2D eigenvalue weighted by Crippen LogP contribution is 2.18. The van der Waals surface area contributed by atoms with Crippen molar-refractivity contribution in [3.63, 3.8) is 0 Å². The molecule has 0 atom stereocenters. The van der Waals surface area contributed by atoms with Crippen molar-refractivity contribution >= 4 is 29.6 Å². The number of ether oxygens (including phenoxy) is 2. The predicted molar refractivity (Wildman–Crippen MR) is 119 cm³/mol. The lowest BCUT2D eigenvalue weighted by atomic mass is 10.0. The molecule has 3 rings (SSSR count). The molecule has 0 saturated carbocycles. The Morgan fingerprint density at radius 1 is 0.788 bits per heavy atom. The number of hydrogen-bond donors (Lipinski definition) is 0. The van der Waals surface area contributed by atoms with Crippen molar-refractivity contribution in [3.05, 3.63) is 107 Å². The Morgan fingerprint density at radius 3 is 2.00 bits per heavy atom. The molecule has 0 amide bonds. The first-order valence-electron chi connectivity index (χ1n) is 9.69. The number of carbonyl (C=O) groups excluding carboxylic acids is 4. The van der Waals surface area contributed by atoms with E-state index in [9.17, 15) is 19.2 Å². The highest BCUT2D eigenvalue weighted by atomic mass is 16.5. The maximum Gasteiger partial charge on any atom is 0.348 e. The lowest BCUT2D eigenvalue weighted by molar-refractivity contribution is -0.135. The van der Waals surface area contributed by atoms with E-state index in [0.29, 0.717) is 5.56 Å². The van der Waals surface area contributed by atoms with E-state index in [1.165, 1.54) is 49.6 Å². The molecule has 0 aliphatic rings. The van der Waals surface area contributed by atoms with Gasteiger partial charge in [0.25, 0.3) is 0 Å². The summed E-state index contributed by atoms with van der Waals surface area (Å²) >= 11 is 0. The molecule has 3 aromatic carbocycles. The monoisotopic (exact) mass is 439 g/mol. The van der Waals surface area contributed by atoms with E-state index in [2.05, 4.69) is 4.74 Å². The van der Waals surface area contributed by atoms with Gasteiger partial charge in [0.05, 0.1) is 12.7 Å². The molecule has 7 nitrogen and oxygen atoms in total. The van der Waals surface area contributed by atoms with Crippen molar-refractivity contribution in [2.45, 2.75) is 0 Å². The number of methoxy groups -OCH3 is 1. The highest BCUT2D eigenvalue weighted by Gasteiger charge is 2.19. The van der Waals surface area contributed by atoms with Crippen LogP contribution < -0.4 is 4.74 Å². The molecule has 162 valence electrons. The number of rotatable bonds is 7. The predicted octanol–water partition coefficient (Wildman–Crippen LogP) is 4.05. The Balaban J connectivity index is 1.72. The van der Waals surface area contributed by atoms with Crippen LogP contribution in [0.4, 0.5) is 0 Å². The summed E-state index contributed by atoms with van der Waals surface area (Å²) in [6, 6.07) is 21.7. The zero-order valence-electron chi connectivity index (χ0n) is 17.5. The second-order valence-corrected chi connectivity index (χ2v) is 6.73. The van der Waals surface area contributed by atoms with Crippen LogP contribution in [0.15, 0.2) is 84.4 Å². The zero-order chi connectivity index (χ0) is 23.8. The summed E-state index contributed by atoms with van der Waals surface area (Å²) in [6.07, 6.45) is 1.31. The van der Waals surface area contributed by atoms with Crippen molar-refractivity contribution in [1.82, 2.24) is 0 Å². The number of ketones is 2. The first-order valence-corrected chi connectivity index (χ1v) is 9.69. The van der Waals surface area contributed by atoms with Crippen LogP contribution >= 0.6 is 0 Å². The molecule has 0 aromatic heterocycles. The minimum atomic E-state index is -0.778. The average molecular weight is 439 g/mol. The molecule has 0 aliphatic carbocycles. The molecule has 0 fully saturated rings. The van der Waals surface area contributed by atoms with Crippen LogP contribution in [0, 0.1) is 11.3 Å². The standard InChI is InChI=1S/C26H17NO6/c1-32-25(30)21(16-27)14-17-6-5-9-22(15-17)33-26(31)20-12-10-19(11-13-20)24(29)23(28)18-7-3-2-4-8-18/h2-15H,1H3/b21-14+. The summed E-state index contributed by atoms with van der Waals surface area (Å²) < 4.78 is 9.88. The summed E-state index contributed by atoms with van der Waals surface area (Å²) in [5.41, 5.74) is 0.867. The highest BCUT2D eigenvalue weighted by molar-refractivity contribution is 6.49. The van der Waals surface area contributed by atoms with Gasteiger partial charge in [0.2, 0.25) is 11.6 Å². The minimum Gasteiger partial charge on any atom is -0.465 e. The van der Waals surface area contributed by atoms with Crippen LogP contribution in [0.25, 0.3) is 6.08 Å². The fourth-order valence-electron chi connectivity index (χ4n) is 2.86. The van der Waals surface area contributed by atoms with Crippen LogP contribution in [-0.2, 0) is 9.53 Å². The van der Waals surface area contributed by atoms with Gasteiger partial charge in [-0.1, -0.05) is 54.6 Å². The van der Waals surface area contributed by atoms with Gasteiger partial charge in [0.1, 0.15) is 17.4 Å². The van der Waals surface area contributed by atoms with Crippen molar-refractivity contribution in [2.75, 3.05) is 7.11 Å². The average Bonchev–Trinajstić information content (AvgIpc) is 2.86. The number of carbonyl (C=O) groups is 4. The number of nitriles is 1. The van der Waals surface area contributed by atoms with E-state index in [1.54, 1.807) is 48.5 Å². The summed E-state index contributed by atoms with van der Waals surface area (Å²) in [5.74, 6) is -2.59. The largest absolute Gasteiger partial charge is 0.465 e. The van der Waals surface area contributed by atoms with E-state index in [0.717, 1.165) is 0 Å². The summed E-state index contributed by atoms with van der Waals surface area (Å²) in [6.45, 7) is 0. The Kier molecular flexibility index (Phi) is 7.24. The Hall–Kier alpha value is -4.83. The van der Waals surface area contributed by atoms with Crippen molar-refractivity contribution in [3.8, 4) is 11.8 Å².